The Bertz CT molecular complexity index is 1740. The van der Waals surface area contributed by atoms with Crippen LogP contribution in [0.25, 0.3) is 27.7 Å². The van der Waals surface area contributed by atoms with Gasteiger partial charge in [-0.3, -0.25) is 13.8 Å². The quantitative estimate of drug-likeness (QED) is 0.366. The minimum atomic E-state index is -0.0604. The van der Waals surface area contributed by atoms with Gasteiger partial charge in [0.25, 0.3) is 5.56 Å². The van der Waals surface area contributed by atoms with E-state index in [1.807, 2.05) is 91.0 Å². The lowest BCUT2D eigenvalue weighted by Gasteiger charge is -2.12. The second-order valence-corrected chi connectivity index (χ2v) is 8.52. The van der Waals surface area contributed by atoms with Crippen LogP contribution in [0.1, 0.15) is 24.1 Å². The van der Waals surface area contributed by atoms with Crippen molar-refractivity contribution in [3.05, 3.63) is 100 Å². The Morgan fingerprint density at radius 1 is 0.829 bits per heavy atom. The highest BCUT2D eigenvalue weighted by Gasteiger charge is 2.19. The maximum atomic E-state index is 13.0. The van der Waals surface area contributed by atoms with Gasteiger partial charge in [0.15, 0.2) is 5.82 Å². The Balaban J connectivity index is 1.47. The van der Waals surface area contributed by atoms with Crippen LogP contribution >= 0.6 is 0 Å². The third-order valence-electron chi connectivity index (χ3n) is 6.31. The van der Waals surface area contributed by atoms with Gasteiger partial charge in [0, 0.05) is 6.54 Å². The van der Waals surface area contributed by atoms with Crippen molar-refractivity contribution in [1.29, 1.82) is 0 Å². The van der Waals surface area contributed by atoms with Crippen molar-refractivity contribution in [2.75, 3.05) is 0 Å². The highest BCUT2D eigenvalue weighted by atomic mass is 16.5. The lowest BCUT2D eigenvalue weighted by molar-refractivity contribution is 0.291. The van der Waals surface area contributed by atoms with Crippen molar-refractivity contribution >= 4 is 27.7 Å². The number of para-hydroxylation sites is 3. The van der Waals surface area contributed by atoms with Crippen LogP contribution in [-0.4, -0.2) is 28.7 Å². The molecule has 0 radical (unpaired) electrons. The number of imidazole rings is 1. The van der Waals surface area contributed by atoms with Crippen molar-refractivity contribution in [1.82, 2.24) is 28.7 Å². The van der Waals surface area contributed by atoms with Crippen LogP contribution in [0.3, 0.4) is 0 Å². The van der Waals surface area contributed by atoms with Crippen molar-refractivity contribution < 1.29 is 4.74 Å². The average Bonchev–Trinajstić information content (AvgIpc) is 3.46. The predicted molar refractivity (Wildman–Crippen MR) is 135 cm³/mol. The van der Waals surface area contributed by atoms with Gasteiger partial charge in [0.2, 0.25) is 5.78 Å². The summed E-state index contributed by atoms with van der Waals surface area (Å²) in [5.41, 5.74) is 3.79. The van der Waals surface area contributed by atoms with E-state index in [0.717, 1.165) is 33.9 Å². The van der Waals surface area contributed by atoms with Crippen molar-refractivity contribution in [3.8, 4) is 5.75 Å². The molecular formula is C27H24N6O2. The first-order chi connectivity index (χ1) is 17.1. The van der Waals surface area contributed by atoms with Gasteiger partial charge in [-0.15, -0.1) is 10.2 Å². The molecule has 0 N–H and O–H groups in total. The van der Waals surface area contributed by atoms with Gasteiger partial charge < -0.3 is 9.30 Å². The van der Waals surface area contributed by atoms with E-state index < -0.39 is 0 Å². The number of nitrogens with zero attached hydrogens (tertiary/aromatic N) is 6. The molecule has 0 saturated carbocycles. The first kappa shape index (κ1) is 21.1. The van der Waals surface area contributed by atoms with Crippen LogP contribution in [0.5, 0.6) is 5.75 Å². The molecule has 6 aromatic rings. The number of aromatic nitrogens is 6. The number of aryl methyl sites for hydroxylation is 2. The Labute approximate surface area is 201 Å². The number of hydrogen-bond donors (Lipinski definition) is 0. The summed E-state index contributed by atoms with van der Waals surface area (Å²) < 4.78 is 11.8. The zero-order valence-corrected chi connectivity index (χ0v) is 19.5. The molecule has 6 rings (SSSR count). The Kier molecular flexibility index (Phi) is 5.06. The monoisotopic (exact) mass is 464 g/mol. The van der Waals surface area contributed by atoms with E-state index >= 15 is 0 Å². The largest absolute Gasteiger partial charge is 0.486 e. The Hall–Kier alpha value is -4.46. The second kappa shape index (κ2) is 8.39. The van der Waals surface area contributed by atoms with Crippen LogP contribution < -0.4 is 10.3 Å². The highest BCUT2D eigenvalue weighted by molar-refractivity contribution is 5.80. The molecule has 0 aliphatic heterocycles. The van der Waals surface area contributed by atoms with Gasteiger partial charge in [0.1, 0.15) is 18.2 Å². The standard InChI is InChI=1S/C27H24N6O2/c1-3-31-26(34)20-8-4-6-10-22(20)33-24(29-30-27(31)33)16-32-23-11-7-5-9-21(23)28-25(32)17-35-19-14-12-18(2)13-15-19/h4-15H,3,16-17H2,1-2H3. The van der Waals surface area contributed by atoms with Crippen molar-refractivity contribution in [2.45, 2.75) is 33.5 Å². The molecule has 0 fully saturated rings. The van der Waals surface area contributed by atoms with E-state index in [9.17, 15) is 4.79 Å². The number of rotatable bonds is 6. The molecule has 3 aromatic carbocycles. The molecule has 3 heterocycles. The first-order valence-corrected chi connectivity index (χ1v) is 11.6. The predicted octanol–water partition coefficient (Wildman–Crippen LogP) is 4.35. The van der Waals surface area contributed by atoms with Gasteiger partial charge in [-0.05, 0) is 50.2 Å². The van der Waals surface area contributed by atoms with E-state index in [1.54, 1.807) is 4.57 Å². The fourth-order valence-electron chi connectivity index (χ4n) is 4.54. The molecule has 0 amide bonds. The summed E-state index contributed by atoms with van der Waals surface area (Å²) in [7, 11) is 0. The molecule has 35 heavy (non-hydrogen) atoms. The van der Waals surface area contributed by atoms with Crippen LogP contribution in [0.2, 0.25) is 0 Å². The van der Waals surface area contributed by atoms with Gasteiger partial charge in [-0.25, -0.2) is 4.98 Å². The summed E-state index contributed by atoms with van der Waals surface area (Å²) in [6.07, 6.45) is 0. The molecule has 3 aromatic heterocycles. The van der Waals surface area contributed by atoms with Crippen LogP contribution in [0.15, 0.2) is 77.6 Å². The van der Waals surface area contributed by atoms with Crippen molar-refractivity contribution in [3.63, 3.8) is 0 Å². The Morgan fingerprint density at radius 2 is 1.57 bits per heavy atom. The van der Waals surface area contributed by atoms with E-state index in [1.165, 1.54) is 5.56 Å². The Morgan fingerprint density at radius 3 is 2.37 bits per heavy atom. The van der Waals surface area contributed by atoms with Gasteiger partial charge >= 0.3 is 0 Å². The fraction of sp³-hybridized carbons (Fsp3) is 0.185. The molecule has 0 aliphatic rings. The summed E-state index contributed by atoms with van der Waals surface area (Å²) >= 11 is 0. The summed E-state index contributed by atoms with van der Waals surface area (Å²) in [6.45, 7) is 5.24. The molecule has 0 spiro atoms. The molecule has 8 heteroatoms. The van der Waals surface area contributed by atoms with E-state index in [2.05, 4.69) is 14.8 Å². The highest BCUT2D eigenvalue weighted by Crippen LogP contribution is 2.21. The summed E-state index contributed by atoms with van der Waals surface area (Å²) in [5, 5.41) is 9.55. The third-order valence-corrected chi connectivity index (χ3v) is 6.31. The number of benzene rings is 3. The molecule has 0 atom stereocenters. The SMILES string of the molecule is CCn1c(=O)c2ccccc2n2c(Cn3c(COc4ccc(C)cc4)nc4ccccc43)nnc12. The van der Waals surface area contributed by atoms with E-state index in [-0.39, 0.29) is 5.56 Å². The maximum absolute atomic E-state index is 13.0. The molecule has 0 unspecified atom stereocenters. The number of hydrogen-bond acceptors (Lipinski definition) is 5. The molecule has 0 bridgehead atoms. The topological polar surface area (TPSA) is 79.2 Å². The zero-order valence-electron chi connectivity index (χ0n) is 19.5. The molecule has 0 saturated heterocycles. The van der Waals surface area contributed by atoms with Crippen LogP contribution in [0, 0.1) is 6.92 Å². The molecule has 174 valence electrons. The number of ether oxygens (including phenoxy) is 1. The smallest absolute Gasteiger partial charge is 0.262 e. The average molecular weight is 465 g/mol. The third kappa shape index (κ3) is 3.54. The first-order valence-electron chi connectivity index (χ1n) is 11.6. The van der Waals surface area contributed by atoms with Crippen LogP contribution in [-0.2, 0) is 19.7 Å². The lowest BCUT2D eigenvalue weighted by Crippen LogP contribution is -2.23. The lowest BCUT2D eigenvalue weighted by atomic mass is 10.2. The van der Waals surface area contributed by atoms with Gasteiger partial charge in [-0.1, -0.05) is 42.0 Å². The summed E-state index contributed by atoms with van der Waals surface area (Å²) in [6, 6.07) is 23.6. The molecule has 8 nitrogen and oxygen atoms in total. The van der Waals surface area contributed by atoms with Crippen LogP contribution in [0.4, 0.5) is 0 Å². The molecule has 0 aliphatic carbocycles. The van der Waals surface area contributed by atoms with Crippen molar-refractivity contribution in [2.24, 2.45) is 0 Å². The molecular weight excluding hydrogens is 440 g/mol. The fourth-order valence-corrected chi connectivity index (χ4v) is 4.54. The van der Waals surface area contributed by atoms with Gasteiger partial charge in [0.05, 0.1) is 28.5 Å². The number of fused-ring (bicyclic) bond motifs is 4. The van der Waals surface area contributed by atoms with Gasteiger partial charge in [-0.2, -0.15) is 0 Å². The zero-order chi connectivity index (χ0) is 23.9. The minimum Gasteiger partial charge on any atom is -0.486 e. The van der Waals surface area contributed by atoms with E-state index in [4.69, 9.17) is 9.72 Å². The second-order valence-electron chi connectivity index (χ2n) is 8.52. The summed E-state index contributed by atoms with van der Waals surface area (Å²) in [5.74, 6) is 2.84. The maximum Gasteiger partial charge on any atom is 0.262 e. The summed E-state index contributed by atoms with van der Waals surface area (Å²) in [4.78, 5) is 17.9. The minimum absolute atomic E-state index is 0.0604. The van der Waals surface area contributed by atoms with E-state index in [0.29, 0.717) is 30.9 Å². The normalized spacial score (nSPS) is 11.6.